The molecule has 1 nitrogen and oxygen atoms in total. The van der Waals surface area contributed by atoms with Gasteiger partial charge in [-0.05, 0) is 12.5 Å². The normalized spacial score (nSPS) is 13.9. The fraction of sp³-hybridized carbons (Fsp3) is 0.455. The summed E-state index contributed by atoms with van der Waals surface area (Å²) >= 11 is 0. The monoisotopic (exact) mass is 217 g/mol. The minimum atomic E-state index is -4.08. The molecule has 0 fully saturated rings. The van der Waals surface area contributed by atoms with Crippen LogP contribution in [0.5, 0.6) is 0 Å². The maximum atomic E-state index is 11.9. The van der Waals surface area contributed by atoms with Crippen molar-refractivity contribution < 1.29 is 13.2 Å². The third-order valence-electron chi connectivity index (χ3n) is 2.16. The Morgan fingerprint density at radius 3 is 2.33 bits per heavy atom. The molecule has 4 heteroatoms. The number of nitrogens with one attached hydrogen (secondary N) is 1. The highest BCUT2D eigenvalue weighted by molar-refractivity contribution is 5.17. The molecular formula is C11H14F3N. The van der Waals surface area contributed by atoms with Gasteiger partial charge in [0.2, 0.25) is 0 Å². The standard InChI is InChI=1S/C11H14F3N/c1-9(10-5-3-2-4-6-10)15-8-7-11(12,13)14/h2-6,9,15H,7-8H2,1H3/t9-/m0/s1. The molecule has 0 saturated carbocycles. The highest BCUT2D eigenvalue weighted by Gasteiger charge is 2.26. The van der Waals surface area contributed by atoms with Gasteiger partial charge in [0, 0.05) is 12.6 Å². The van der Waals surface area contributed by atoms with Crippen molar-refractivity contribution in [2.45, 2.75) is 25.6 Å². The van der Waals surface area contributed by atoms with Crippen LogP contribution in [0.3, 0.4) is 0 Å². The minimum Gasteiger partial charge on any atom is -0.310 e. The Balaban J connectivity index is 2.34. The molecule has 0 aromatic heterocycles. The van der Waals surface area contributed by atoms with Crippen molar-refractivity contribution in [1.29, 1.82) is 0 Å². The number of halogens is 3. The summed E-state index contributed by atoms with van der Waals surface area (Å²) in [5.74, 6) is 0. The molecular weight excluding hydrogens is 203 g/mol. The maximum absolute atomic E-state index is 11.9. The molecule has 0 bridgehead atoms. The van der Waals surface area contributed by atoms with Gasteiger partial charge in [0.05, 0.1) is 6.42 Å². The average Bonchev–Trinajstić information content (AvgIpc) is 2.17. The Morgan fingerprint density at radius 1 is 1.20 bits per heavy atom. The first-order valence-corrected chi connectivity index (χ1v) is 4.84. The van der Waals surface area contributed by atoms with Crippen LogP contribution in [0.25, 0.3) is 0 Å². The summed E-state index contributed by atoms with van der Waals surface area (Å²) in [6, 6.07) is 9.37. The van der Waals surface area contributed by atoms with E-state index in [0.717, 1.165) is 5.56 Å². The highest BCUT2D eigenvalue weighted by Crippen LogP contribution is 2.19. The van der Waals surface area contributed by atoms with E-state index >= 15 is 0 Å². The first-order chi connectivity index (χ1) is 6.99. The van der Waals surface area contributed by atoms with E-state index in [1.165, 1.54) is 0 Å². The highest BCUT2D eigenvalue weighted by atomic mass is 19.4. The summed E-state index contributed by atoms with van der Waals surface area (Å²) in [5.41, 5.74) is 1.000. The first-order valence-electron chi connectivity index (χ1n) is 4.84. The third kappa shape index (κ3) is 4.83. The van der Waals surface area contributed by atoms with Crippen LogP contribution < -0.4 is 5.32 Å². The topological polar surface area (TPSA) is 12.0 Å². The van der Waals surface area contributed by atoms with Gasteiger partial charge in [-0.1, -0.05) is 30.3 Å². The van der Waals surface area contributed by atoms with Crippen molar-refractivity contribution in [3.8, 4) is 0 Å². The van der Waals surface area contributed by atoms with Gasteiger partial charge in [-0.3, -0.25) is 0 Å². The smallest absolute Gasteiger partial charge is 0.310 e. The van der Waals surface area contributed by atoms with Gasteiger partial charge in [-0.2, -0.15) is 13.2 Å². The van der Waals surface area contributed by atoms with E-state index in [1.54, 1.807) is 0 Å². The molecule has 0 unspecified atom stereocenters. The molecule has 0 spiro atoms. The van der Waals surface area contributed by atoms with Crippen LogP contribution in [0.1, 0.15) is 24.9 Å². The summed E-state index contributed by atoms with van der Waals surface area (Å²) in [6.07, 6.45) is -4.87. The van der Waals surface area contributed by atoms with E-state index in [0.29, 0.717) is 0 Å². The molecule has 15 heavy (non-hydrogen) atoms. The predicted molar refractivity (Wildman–Crippen MR) is 53.5 cm³/mol. The van der Waals surface area contributed by atoms with Crippen LogP contribution in [-0.2, 0) is 0 Å². The largest absolute Gasteiger partial charge is 0.390 e. The van der Waals surface area contributed by atoms with Gasteiger partial charge in [0.1, 0.15) is 0 Å². The zero-order valence-corrected chi connectivity index (χ0v) is 8.51. The van der Waals surface area contributed by atoms with Gasteiger partial charge < -0.3 is 5.32 Å². The van der Waals surface area contributed by atoms with Gasteiger partial charge in [0.25, 0.3) is 0 Å². The number of rotatable bonds is 4. The van der Waals surface area contributed by atoms with Crippen molar-refractivity contribution in [3.05, 3.63) is 35.9 Å². The van der Waals surface area contributed by atoms with Crippen molar-refractivity contribution >= 4 is 0 Å². The Hall–Kier alpha value is -1.03. The number of alkyl halides is 3. The summed E-state index contributed by atoms with van der Waals surface area (Å²) in [5, 5.41) is 2.84. The van der Waals surface area contributed by atoms with E-state index in [2.05, 4.69) is 5.32 Å². The minimum absolute atomic E-state index is 0.0421. The van der Waals surface area contributed by atoms with Crippen LogP contribution >= 0.6 is 0 Å². The quantitative estimate of drug-likeness (QED) is 0.816. The molecule has 0 radical (unpaired) electrons. The summed E-state index contributed by atoms with van der Waals surface area (Å²) in [4.78, 5) is 0. The van der Waals surface area contributed by atoms with Gasteiger partial charge in [-0.25, -0.2) is 0 Å². The molecule has 1 atom stereocenters. The van der Waals surface area contributed by atoms with Crippen LogP contribution in [0, 0.1) is 0 Å². The number of hydrogen-bond donors (Lipinski definition) is 1. The van der Waals surface area contributed by atoms with E-state index < -0.39 is 12.6 Å². The van der Waals surface area contributed by atoms with Gasteiger partial charge in [0.15, 0.2) is 0 Å². The van der Waals surface area contributed by atoms with E-state index in [4.69, 9.17) is 0 Å². The molecule has 1 N–H and O–H groups in total. The Kier molecular flexibility index (Phi) is 4.15. The van der Waals surface area contributed by atoms with Crippen LogP contribution in [0.2, 0.25) is 0 Å². The molecule has 1 aromatic rings. The second-order valence-electron chi connectivity index (χ2n) is 3.45. The van der Waals surface area contributed by atoms with Crippen molar-refractivity contribution in [2.24, 2.45) is 0 Å². The number of hydrogen-bond acceptors (Lipinski definition) is 1. The SMILES string of the molecule is C[C@H](NCCC(F)(F)F)c1ccccc1. The zero-order valence-electron chi connectivity index (χ0n) is 8.51. The van der Waals surface area contributed by atoms with E-state index in [-0.39, 0.29) is 12.6 Å². The van der Waals surface area contributed by atoms with Crippen molar-refractivity contribution in [1.82, 2.24) is 5.32 Å². The Bertz CT molecular complexity index is 282. The zero-order chi connectivity index (χ0) is 11.3. The lowest BCUT2D eigenvalue weighted by atomic mass is 10.1. The van der Waals surface area contributed by atoms with Gasteiger partial charge >= 0.3 is 6.18 Å². The summed E-state index contributed by atoms with van der Waals surface area (Å²) in [7, 11) is 0. The predicted octanol–water partition coefficient (Wildman–Crippen LogP) is 3.29. The first kappa shape index (κ1) is 12.0. The van der Waals surface area contributed by atoms with Crippen molar-refractivity contribution in [2.75, 3.05) is 6.54 Å². The molecule has 84 valence electrons. The molecule has 0 aliphatic carbocycles. The van der Waals surface area contributed by atoms with Crippen LogP contribution in [0.4, 0.5) is 13.2 Å². The van der Waals surface area contributed by atoms with Crippen molar-refractivity contribution in [3.63, 3.8) is 0 Å². The Labute approximate surface area is 87.3 Å². The molecule has 0 aliphatic rings. The average molecular weight is 217 g/mol. The second-order valence-corrected chi connectivity index (χ2v) is 3.45. The van der Waals surface area contributed by atoms with Crippen LogP contribution in [-0.4, -0.2) is 12.7 Å². The molecule has 0 amide bonds. The molecule has 0 heterocycles. The third-order valence-corrected chi connectivity index (χ3v) is 2.16. The molecule has 0 saturated heterocycles. The van der Waals surface area contributed by atoms with Gasteiger partial charge in [-0.15, -0.1) is 0 Å². The molecule has 1 rings (SSSR count). The summed E-state index contributed by atoms with van der Waals surface area (Å²) < 4.78 is 35.6. The summed E-state index contributed by atoms with van der Waals surface area (Å²) in [6.45, 7) is 1.81. The fourth-order valence-electron chi connectivity index (χ4n) is 1.29. The van der Waals surface area contributed by atoms with Crippen LogP contribution in [0.15, 0.2) is 30.3 Å². The molecule has 0 aliphatic heterocycles. The second kappa shape index (κ2) is 5.16. The Morgan fingerprint density at radius 2 is 1.80 bits per heavy atom. The lowest BCUT2D eigenvalue weighted by Gasteiger charge is -2.14. The van der Waals surface area contributed by atoms with E-state index in [9.17, 15) is 13.2 Å². The maximum Gasteiger partial charge on any atom is 0.390 e. The van der Waals surface area contributed by atoms with E-state index in [1.807, 2.05) is 37.3 Å². The lowest BCUT2D eigenvalue weighted by molar-refractivity contribution is -0.133. The fourth-order valence-corrected chi connectivity index (χ4v) is 1.29. The lowest BCUT2D eigenvalue weighted by Crippen LogP contribution is -2.24. The molecule has 1 aromatic carbocycles. The number of benzene rings is 1.